The topological polar surface area (TPSA) is 50.1 Å². The maximum Gasteiger partial charge on any atom is 0.324 e. The number of hydrogen-bond acceptors (Lipinski definition) is 2. The van der Waals surface area contributed by atoms with Crippen LogP contribution >= 0.6 is 0 Å². The molecule has 0 aromatic heterocycles. The van der Waals surface area contributed by atoms with E-state index in [4.69, 9.17) is 10.5 Å². The van der Waals surface area contributed by atoms with Crippen LogP contribution in [0.3, 0.4) is 0 Å². The minimum absolute atomic E-state index is 0.465. The summed E-state index contributed by atoms with van der Waals surface area (Å²) in [6.07, 6.45) is 0. The standard InChI is InChI=1S/C7H14NO2/c1-5(8)6(9)10-7(2,3)4/h5,8H,1-4H3/t5-/m0/s1. The van der Waals surface area contributed by atoms with Gasteiger partial charge in [0.05, 0.1) is 0 Å². The normalized spacial score (nSPS) is 14.5. The quantitative estimate of drug-likeness (QED) is 0.515. The Labute approximate surface area is 61.5 Å². The van der Waals surface area contributed by atoms with E-state index in [1.54, 1.807) is 20.8 Å². The number of carbonyl (C=O) groups excluding carboxylic acids is 1. The Hall–Kier alpha value is -0.570. The van der Waals surface area contributed by atoms with E-state index in [9.17, 15) is 4.79 Å². The number of carbonyl (C=O) groups is 1. The molecule has 0 aromatic rings. The molecule has 1 N–H and O–H groups in total. The Bertz CT molecular complexity index is 124. The number of nitrogens with one attached hydrogen (secondary N) is 1. The molecule has 0 aliphatic heterocycles. The summed E-state index contributed by atoms with van der Waals surface area (Å²) in [6, 6.07) is -0.778. The lowest BCUT2D eigenvalue weighted by molar-refractivity contribution is -0.156. The van der Waals surface area contributed by atoms with E-state index in [2.05, 4.69) is 0 Å². The molecular formula is C7H14NO2. The van der Waals surface area contributed by atoms with E-state index in [-0.39, 0.29) is 0 Å². The van der Waals surface area contributed by atoms with Gasteiger partial charge in [-0.3, -0.25) is 4.79 Å². The smallest absolute Gasteiger partial charge is 0.324 e. The van der Waals surface area contributed by atoms with Crippen molar-refractivity contribution >= 4 is 5.97 Å². The largest absolute Gasteiger partial charge is 0.459 e. The highest BCUT2D eigenvalue weighted by Gasteiger charge is 2.18. The number of hydrogen-bond donors (Lipinski definition) is 0. The third-order valence-electron chi connectivity index (χ3n) is 0.760. The summed E-state index contributed by atoms with van der Waals surface area (Å²) in [6.45, 7) is 6.85. The van der Waals surface area contributed by atoms with Gasteiger partial charge in [0.1, 0.15) is 11.6 Å². The molecule has 10 heavy (non-hydrogen) atoms. The van der Waals surface area contributed by atoms with Gasteiger partial charge in [-0.1, -0.05) is 0 Å². The van der Waals surface area contributed by atoms with Crippen LogP contribution in [0.4, 0.5) is 0 Å². The average Bonchev–Trinajstić information content (AvgIpc) is 1.60. The first kappa shape index (κ1) is 9.43. The van der Waals surface area contributed by atoms with Crippen molar-refractivity contribution in [2.24, 2.45) is 0 Å². The first-order chi connectivity index (χ1) is 4.33. The highest BCUT2D eigenvalue weighted by Crippen LogP contribution is 2.07. The van der Waals surface area contributed by atoms with Gasteiger partial charge in [0.25, 0.3) is 0 Å². The fourth-order valence-electron chi connectivity index (χ4n) is 0.390. The summed E-state index contributed by atoms with van der Waals surface area (Å²) in [5, 5.41) is 0. The third kappa shape index (κ3) is 4.32. The lowest BCUT2D eigenvalue weighted by Gasteiger charge is -2.20. The van der Waals surface area contributed by atoms with Crippen molar-refractivity contribution in [2.75, 3.05) is 0 Å². The van der Waals surface area contributed by atoms with Crippen LogP contribution in [0.15, 0.2) is 0 Å². The van der Waals surface area contributed by atoms with E-state index in [1.807, 2.05) is 0 Å². The van der Waals surface area contributed by atoms with Gasteiger partial charge < -0.3 is 4.74 Å². The molecule has 0 heterocycles. The molecule has 59 valence electrons. The van der Waals surface area contributed by atoms with Crippen LogP contribution in [-0.4, -0.2) is 17.6 Å². The van der Waals surface area contributed by atoms with Crippen molar-refractivity contribution in [1.82, 2.24) is 5.73 Å². The zero-order chi connectivity index (χ0) is 8.36. The molecule has 0 bridgehead atoms. The van der Waals surface area contributed by atoms with E-state index < -0.39 is 17.6 Å². The maximum atomic E-state index is 10.7. The molecule has 3 nitrogen and oxygen atoms in total. The molecular weight excluding hydrogens is 130 g/mol. The molecule has 0 aliphatic carbocycles. The second kappa shape index (κ2) is 3.01. The van der Waals surface area contributed by atoms with Crippen LogP contribution in [0.2, 0.25) is 0 Å². The molecule has 0 aliphatic rings. The van der Waals surface area contributed by atoms with Gasteiger partial charge in [-0.25, -0.2) is 5.73 Å². The summed E-state index contributed by atoms with van der Waals surface area (Å²) < 4.78 is 4.87. The summed E-state index contributed by atoms with van der Waals surface area (Å²) >= 11 is 0. The zero-order valence-corrected chi connectivity index (χ0v) is 6.89. The predicted octanol–water partition coefficient (Wildman–Crippen LogP) is 0.999. The van der Waals surface area contributed by atoms with Gasteiger partial charge in [0, 0.05) is 0 Å². The Balaban J connectivity index is 3.81. The predicted molar refractivity (Wildman–Crippen MR) is 38.4 cm³/mol. The SMILES string of the molecule is C[C@H]([NH])C(=O)OC(C)(C)C. The van der Waals surface area contributed by atoms with Crippen LogP contribution in [0.5, 0.6) is 0 Å². The molecule has 0 aromatic carbocycles. The summed E-state index contributed by atoms with van der Waals surface area (Å²) in [7, 11) is 0. The second-order valence-electron chi connectivity index (χ2n) is 3.26. The van der Waals surface area contributed by atoms with Crippen molar-refractivity contribution in [3.05, 3.63) is 0 Å². The fourth-order valence-corrected chi connectivity index (χ4v) is 0.390. The van der Waals surface area contributed by atoms with Crippen molar-refractivity contribution in [2.45, 2.75) is 39.3 Å². The lowest BCUT2D eigenvalue weighted by Crippen LogP contribution is -2.30. The molecule has 0 spiro atoms. The molecule has 0 fully saturated rings. The van der Waals surface area contributed by atoms with Crippen LogP contribution in [0.25, 0.3) is 0 Å². The van der Waals surface area contributed by atoms with Crippen LogP contribution in [-0.2, 0) is 9.53 Å². The van der Waals surface area contributed by atoms with Gasteiger partial charge in [-0.15, -0.1) is 0 Å². The van der Waals surface area contributed by atoms with Crippen molar-refractivity contribution in [3.8, 4) is 0 Å². The lowest BCUT2D eigenvalue weighted by atomic mass is 10.2. The third-order valence-corrected chi connectivity index (χ3v) is 0.760. The van der Waals surface area contributed by atoms with Crippen LogP contribution in [0, 0.1) is 0 Å². The molecule has 0 saturated carbocycles. The monoisotopic (exact) mass is 144 g/mol. The van der Waals surface area contributed by atoms with Gasteiger partial charge >= 0.3 is 5.97 Å². The van der Waals surface area contributed by atoms with E-state index in [1.165, 1.54) is 6.92 Å². The van der Waals surface area contributed by atoms with Crippen molar-refractivity contribution in [3.63, 3.8) is 0 Å². The molecule has 3 heteroatoms. The van der Waals surface area contributed by atoms with Crippen LogP contribution < -0.4 is 5.73 Å². The molecule has 1 atom stereocenters. The van der Waals surface area contributed by atoms with E-state index >= 15 is 0 Å². The summed E-state index contributed by atoms with van der Waals surface area (Å²) in [4.78, 5) is 10.7. The van der Waals surface area contributed by atoms with Gasteiger partial charge in [-0.05, 0) is 27.7 Å². The highest BCUT2D eigenvalue weighted by atomic mass is 16.6. The Morgan fingerprint density at radius 3 is 2.00 bits per heavy atom. The summed E-state index contributed by atoms with van der Waals surface area (Å²) in [5.74, 6) is -0.465. The van der Waals surface area contributed by atoms with Crippen molar-refractivity contribution in [1.29, 1.82) is 0 Å². The Morgan fingerprint density at radius 1 is 1.50 bits per heavy atom. The highest BCUT2D eigenvalue weighted by molar-refractivity contribution is 5.75. The molecule has 0 amide bonds. The zero-order valence-electron chi connectivity index (χ0n) is 6.89. The average molecular weight is 144 g/mol. The molecule has 0 unspecified atom stereocenters. The minimum atomic E-state index is -0.778. The molecule has 0 saturated heterocycles. The molecule has 0 rings (SSSR count). The molecule has 1 radical (unpaired) electrons. The van der Waals surface area contributed by atoms with Crippen LogP contribution in [0.1, 0.15) is 27.7 Å². The van der Waals surface area contributed by atoms with E-state index in [0.29, 0.717) is 0 Å². The minimum Gasteiger partial charge on any atom is -0.459 e. The first-order valence-corrected chi connectivity index (χ1v) is 3.27. The van der Waals surface area contributed by atoms with Crippen molar-refractivity contribution < 1.29 is 9.53 Å². The number of rotatable bonds is 1. The van der Waals surface area contributed by atoms with E-state index in [0.717, 1.165) is 0 Å². The van der Waals surface area contributed by atoms with Gasteiger partial charge in [-0.2, -0.15) is 0 Å². The van der Waals surface area contributed by atoms with Gasteiger partial charge in [0.15, 0.2) is 0 Å². The maximum absolute atomic E-state index is 10.7. The summed E-state index contributed by atoms with van der Waals surface area (Å²) in [5.41, 5.74) is 6.52. The number of esters is 1. The number of ether oxygens (including phenoxy) is 1. The fraction of sp³-hybridized carbons (Fsp3) is 0.857. The Morgan fingerprint density at radius 2 is 1.90 bits per heavy atom. The Kier molecular flexibility index (Phi) is 2.84. The second-order valence-corrected chi connectivity index (χ2v) is 3.26. The van der Waals surface area contributed by atoms with Gasteiger partial charge in [0.2, 0.25) is 0 Å². The first-order valence-electron chi connectivity index (χ1n) is 3.27.